The first-order valence-corrected chi connectivity index (χ1v) is 21.1. The van der Waals surface area contributed by atoms with Gasteiger partial charge in [-0.2, -0.15) is 0 Å². The highest BCUT2D eigenvalue weighted by Crippen LogP contribution is 2.45. The lowest BCUT2D eigenvalue weighted by Crippen LogP contribution is -2.51. The highest BCUT2D eigenvalue weighted by molar-refractivity contribution is 14.1. The molecular formula is C34H55IN4Si2. The lowest BCUT2D eigenvalue weighted by Gasteiger charge is -2.44. The van der Waals surface area contributed by atoms with Crippen LogP contribution in [0, 0.1) is 17.4 Å². The number of hydrogen-bond acceptors (Lipinski definition) is 2. The quantitative estimate of drug-likeness (QED) is 0.135. The Balaban J connectivity index is 0.000000226. The minimum absolute atomic E-state index is 0.687. The monoisotopic (exact) mass is 702 g/mol. The molecule has 0 bridgehead atoms. The van der Waals surface area contributed by atoms with Crippen LogP contribution in [-0.4, -0.2) is 34.9 Å². The average molecular weight is 703 g/mol. The minimum atomic E-state index is -1.72. The van der Waals surface area contributed by atoms with E-state index in [1.807, 2.05) is 12.4 Å². The van der Waals surface area contributed by atoms with Gasteiger partial charge in [-0.25, -0.2) is 9.97 Å². The van der Waals surface area contributed by atoms with Gasteiger partial charge in [0.25, 0.3) is 0 Å². The van der Waals surface area contributed by atoms with Gasteiger partial charge < -0.3 is 8.47 Å². The molecule has 4 aromatic rings. The zero-order chi connectivity index (χ0) is 31.0. The summed E-state index contributed by atoms with van der Waals surface area (Å²) in [5.41, 5.74) is 8.99. The molecule has 0 fully saturated rings. The zero-order valence-electron chi connectivity index (χ0n) is 28.2. The van der Waals surface area contributed by atoms with Crippen LogP contribution in [0.3, 0.4) is 0 Å². The van der Waals surface area contributed by atoms with E-state index in [-0.39, 0.29) is 0 Å². The van der Waals surface area contributed by atoms with E-state index < -0.39 is 16.5 Å². The second kappa shape index (κ2) is 13.0. The first-order chi connectivity index (χ1) is 19.0. The first-order valence-electron chi connectivity index (χ1n) is 15.6. The van der Waals surface area contributed by atoms with Crippen LogP contribution < -0.4 is 0 Å². The highest BCUT2D eigenvalue weighted by Gasteiger charge is 2.47. The highest BCUT2D eigenvalue weighted by atomic mass is 127. The summed E-state index contributed by atoms with van der Waals surface area (Å²) in [6, 6.07) is 6.77. The predicted octanol–water partition coefficient (Wildman–Crippen LogP) is 11.3. The Morgan fingerprint density at radius 3 is 1.49 bits per heavy atom. The van der Waals surface area contributed by atoms with Gasteiger partial charge in [-0.05, 0) is 105 Å². The molecule has 0 aromatic carbocycles. The Labute approximate surface area is 266 Å². The Bertz CT molecular complexity index is 1420. The van der Waals surface area contributed by atoms with E-state index in [9.17, 15) is 0 Å². The van der Waals surface area contributed by atoms with Crippen molar-refractivity contribution in [2.24, 2.45) is 0 Å². The van der Waals surface area contributed by atoms with E-state index in [4.69, 9.17) is 9.97 Å². The Morgan fingerprint density at radius 2 is 1.02 bits per heavy atom. The number of pyridine rings is 2. The third-order valence-electron chi connectivity index (χ3n) is 9.78. The lowest BCUT2D eigenvalue weighted by molar-refractivity contribution is 0.770. The topological polar surface area (TPSA) is 35.6 Å². The van der Waals surface area contributed by atoms with E-state index in [1.165, 1.54) is 36.8 Å². The molecule has 226 valence electrons. The average Bonchev–Trinajstić information content (AvgIpc) is 3.40. The predicted molar refractivity (Wildman–Crippen MR) is 195 cm³/mol. The second-order valence-corrected chi connectivity index (χ2v) is 26.6. The molecule has 0 amide bonds. The van der Waals surface area contributed by atoms with Crippen molar-refractivity contribution < 1.29 is 0 Å². The molecule has 41 heavy (non-hydrogen) atoms. The van der Waals surface area contributed by atoms with E-state index in [1.54, 1.807) is 0 Å². The number of hydrogen-bond donors (Lipinski definition) is 0. The zero-order valence-corrected chi connectivity index (χ0v) is 32.3. The third kappa shape index (κ3) is 5.88. The largest absolute Gasteiger partial charge is 0.359 e. The maximum absolute atomic E-state index is 4.81. The van der Waals surface area contributed by atoms with Crippen LogP contribution in [0.2, 0.25) is 33.2 Å². The fraction of sp³-hybridized carbons (Fsp3) is 0.588. The summed E-state index contributed by atoms with van der Waals surface area (Å²) in [5, 5.41) is 2.60. The Morgan fingerprint density at radius 1 is 0.610 bits per heavy atom. The minimum Gasteiger partial charge on any atom is -0.359 e. The molecule has 0 aliphatic carbocycles. The molecule has 4 rings (SSSR count). The molecule has 0 unspecified atom stereocenters. The fourth-order valence-electron chi connectivity index (χ4n) is 8.58. The van der Waals surface area contributed by atoms with Gasteiger partial charge in [0.2, 0.25) is 0 Å². The van der Waals surface area contributed by atoms with Gasteiger partial charge in [0.15, 0.2) is 16.5 Å². The van der Waals surface area contributed by atoms with E-state index >= 15 is 0 Å². The van der Waals surface area contributed by atoms with Crippen LogP contribution in [0.25, 0.3) is 22.1 Å². The summed E-state index contributed by atoms with van der Waals surface area (Å²) in [7, 11) is -3.39. The number of rotatable bonds is 8. The van der Waals surface area contributed by atoms with Crippen LogP contribution in [0.5, 0.6) is 0 Å². The molecule has 0 radical (unpaired) electrons. The van der Waals surface area contributed by atoms with E-state index in [0.717, 1.165) is 0 Å². The van der Waals surface area contributed by atoms with Crippen LogP contribution in [0.4, 0.5) is 0 Å². The summed E-state index contributed by atoms with van der Waals surface area (Å²) < 4.78 is 6.50. The molecule has 0 aliphatic rings. The third-order valence-corrected chi connectivity index (χ3v) is 24.1. The van der Waals surface area contributed by atoms with Crippen LogP contribution in [0.15, 0.2) is 43.0 Å². The molecule has 0 N–H and O–H groups in total. The van der Waals surface area contributed by atoms with Crippen molar-refractivity contribution in [2.75, 3.05) is 0 Å². The normalized spacial score (nSPS) is 13.1. The van der Waals surface area contributed by atoms with Crippen LogP contribution in [0.1, 0.15) is 94.2 Å². The van der Waals surface area contributed by atoms with Gasteiger partial charge in [-0.1, -0.05) is 83.1 Å². The van der Waals surface area contributed by atoms with Crippen molar-refractivity contribution in [1.82, 2.24) is 18.4 Å². The maximum Gasteiger partial charge on any atom is 0.171 e. The van der Waals surface area contributed by atoms with Gasteiger partial charge >= 0.3 is 0 Å². The molecule has 0 saturated heterocycles. The SMILES string of the molecule is Cc1cnc2c(c1)c(I)cn2[Si](C(C)C)(C(C)C)C(C)C.Cc1cnc2c(ccn2[Si](C(C)C)(C(C)C)C(C)C)c1. The number of halogens is 1. The Kier molecular flexibility index (Phi) is 10.8. The summed E-state index contributed by atoms with van der Waals surface area (Å²) >= 11 is 2.47. The molecule has 4 nitrogen and oxygen atoms in total. The number of aryl methyl sites for hydroxylation is 2. The van der Waals surface area contributed by atoms with E-state index in [2.05, 4.69) is 159 Å². The molecule has 0 aliphatic heterocycles. The summed E-state index contributed by atoms with van der Waals surface area (Å²) in [6.45, 7) is 33.0. The standard InChI is InChI=1S/C17H27IN2Si.C17H28N2Si/c1-11(2)21(12(3)4,13(5)6)20-10-16(18)15-8-14(7)9-19-17(15)20;1-12(2)20(13(3)4,14(5)6)19-9-8-16-10-15(7)11-18-17(16)19/h8-13H,1-7H3;8-14H,1-7H3. The molecule has 7 heteroatoms. The van der Waals surface area contributed by atoms with Crippen molar-refractivity contribution in [2.45, 2.75) is 130 Å². The van der Waals surface area contributed by atoms with Crippen molar-refractivity contribution in [3.8, 4) is 0 Å². The van der Waals surface area contributed by atoms with E-state index in [0.29, 0.717) is 33.2 Å². The summed E-state index contributed by atoms with van der Waals surface area (Å²) in [4.78, 5) is 9.56. The number of fused-ring (bicyclic) bond motifs is 2. The Hall–Kier alpha value is -1.46. The summed E-state index contributed by atoms with van der Waals surface area (Å²) in [6.07, 6.45) is 8.67. The maximum atomic E-state index is 4.81. The van der Waals surface area contributed by atoms with Crippen molar-refractivity contribution in [1.29, 1.82) is 0 Å². The van der Waals surface area contributed by atoms with Gasteiger partial charge in [0.1, 0.15) is 11.3 Å². The fourth-order valence-corrected chi connectivity index (χ4v) is 22.6. The van der Waals surface area contributed by atoms with Crippen molar-refractivity contribution in [3.05, 3.63) is 57.7 Å². The molecular weight excluding hydrogens is 647 g/mol. The van der Waals surface area contributed by atoms with Gasteiger partial charge in [-0.3, -0.25) is 0 Å². The number of nitrogens with zero attached hydrogens (tertiary/aromatic N) is 4. The van der Waals surface area contributed by atoms with Crippen molar-refractivity contribution >= 4 is 61.1 Å². The molecule has 0 atom stereocenters. The molecule has 0 spiro atoms. The van der Waals surface area contributed by atoms with Gasteiger partial charge in [-0.15, -0.1) is 0 Å². The second-order valence-electron chi connectivity index (χ2n) is 14.0. The number of aromatic nitrogens is 4. The molecule has 4 heterocycles. The van der Waals surface area contributed by atoms with Crippen LogP contribution >= 0.6 is 22.6 Å². The first kappa shape index (κ1) is 34.0. The van der Waals surface area contributed by atoms with Gasteiger partial charge in [0, 0.05) is 32.9 Å². The molecule has 4 aromatic heterocycles. The van der Waals surface area contributed by atoms with Crippen LogP contribution in [-0.2, 0) is 0 Å². The van der Waals surface area contributed by atoms with Gasteiger partial charge in [0.05, 0.1) is 0 Å². The lowest BCUT2D eigenvalue weighted by atomic mass is 10.2. The smallest absolute Gasteiger partial charge is 0.171 e. The molecule has 0 saturated carbocycles. The summed E-state index contributed by atoms with van der Waals surface area (Å²) in [5.74, 6) is 0. The van der Waals surface area contributed by atoms with Crippen molar-refractivity contribution in [3.63, 3.8) is 0 Å².